The SMILES string of the molecule is COc1ccc(C(=O)NNC(=O)c2ccc[nH]c2=S)cc1. The average Bonchev–Trinajstić information content (AvgIpc) is 2.52. The van der Waals surface area contributed by atoms with Gasteiger partial charge in [0.15, 0.2) is 0 Å². The highest BCUT2D eigenvalue weighted by Crippen LogP contribution is 2.10. The van der Waals surface area contributed by atoms with Crippen LogP contribution in [0.5, 0.6) is 5.75 Å². The number of aromatic nitrogens is 1. The minimum atomic E-state index is -0.487. The van der Waals surface area contributed by atoms with Crippen molar-refractivity contribution < 1.29 is 14.3 Å². The molecular formula is C14H13N3O3S. The molecule has 0 fully saturated rings. The zero-order chi connectivity index (χ0) is 15.2. The number of rotatable bonds is 3. The number of hydrogen-bond acceptors (Lipinski definition) is 4. The van der Waals surface area contributed by atoms with Crippen LogP contribution in [0.4, 0.5) is 0 Å². The number of aromatic amines is 1. The number of H-pyrrole nitrogens is 1. The summed E-state index contributed by atoms with van der Waals surface area (Å²) in [5.41, 5.74) is 5.31. The van der Waals surface area contributed by atoms with Gasteiger partial charge in [-0.05, 0) is 36.4 Å². The first-order chi connectivity index (χ1) is 10.1. The van der Waals surface area contributed by atoms with Crippen molar-refractivity contribution in [3.8, 4) is 5.75 Å². The summed E-state index contributed by atoms with van der Waals surface area (Å²) in [6, 6.07) is 9.71. The van der Waals surface area contributed by atoms with E-state index < -0.39 is 11.8 Å². The molecule has 1 heterocycles. The Labute approximate surface area is 126 Å². The Kier molecular flexibility index (Phi) is 4.68. The summed E-state index contributed by atoms with van der Waals surface area (Å²) < 4.78 is 5.30. The number of hydrazine groups is 1. The summed E-state index contributed by atoms with van der Waals surface area (Å²) in [7, 11) is 1.54. The van der Waals surface area contributed by atoms with Crippen LogP contribution in [0.15, 0.2) is 42.6 Å². The molecule has 0 radical (unpaired) electrons. The van der Waals surface area contributed by atoms with Gasteiger partial charge in [0.2, 0.25) is 0 Å². The van der Waals surface area contributed by atoms with Crippen LogP contribution in [0.2, 0.25) is 0 Å². The van der Waals surface area contributed by atoms with Gasteiger partial charge < -0.3 is 9.72 Å². The van der Waals surface area contributed by atoms with Crippen LogP contribution in [0.3, 0.4) is 0 Å². The maximum absolute atomic E-state index is 11.9. The normalized spacial score (nSPS) is 9.76. The van der Waals surface area contributed by atoms with Crippen molar-refractivity contribution in [2.75, 3.05) is 7.11 Å². The smallest absolute Gasteiger partial charge is 0.272 e. The van der Waals surface area contributed by atoms with Crippen molar-refractivity contribution in [3.63, 3.8) is 0 Å². The van der Waals surface area contributed by atoms with Crippen LogP contribution in [-0.2, 0) is 0 Å². The highest BCUT2D eigenvalue weighted by molar-refractivity contribution is 7.71. The number of ether oxygens (including phenoxy) is 1. The Morgan fingerprint density at radius 1 is 1.10 bits per heavy atom. The maximum Gasteiger partial charge on any atom is 0.272 e. The number of amides is 2. The molecule has 108 valence electrons. The maximum atomic E-state index is 11.9. The second-order valence-electron chi connectivity index (χ2n) is 4.05. The fourth-order valence-corrected chi connectivity index (χ4v) is 1.82. The molecule has 2 aromatic rings. The number of carbonyl (C=O) groups excluding carboxylic acids is 2. The third-order valence-electron chi connectivity index (χ3n) is 2.70. The average molecular weight is 303 g/mol. The summed E-state index contributed by atoms with van der Waals surface area (Å²) in [6.45, 7) is 0. The van der Waals surface area contributed by atoms with E-state index in [1.165, 1.54) is 0 Å². The summed E-state index contributed by atoms with van der Waals surface area (Å²) in [4.78, 5) is 26.5. The molecule has 0 bridgehead atoms. The van der Waals surface area contributed by atoms with Crippen LogP contribution in [0, 0.1) is 4.64 Å². The molecule has 0 spiro atoms. The summed E-state index contributed by atoms with van der Waals surface area (Å²) in [6.07, 6.45) is 1.62. The van der Waals surface area contributed by atoms with E-state index in [9.17, 15) is 9.59 Å². The molecule has 2 rings (SSSR count). The molecule has 0 saturated heterocycles. The van der Waals surface area contributed by atoms with Gasteiger partial charge >= 0.3 is 0 Å². The topological polar surface area (TPSA) is 83.2 Å². The molecule has 6 nitrogen and oxygen atoms in total. The van der Waals surface area contributed by atoms with Gasteiger partial charge in [0, 0.05) is 11.8 Å². The lowest BCUT2D eigenvalue weighted by atomic mass is 10.2. The van der Waals surface area contributed by atoms with Crippen LogP contribution in [0.1, 0.15) is 20.7 Å². The highest BCUT2D eigenvalue weighted by atomic mass is 32.1. The molecule has 0 saturated carbocycles. The number of hydrogen-bond donors (Lipinski definition) is 3. The predicted octanol–water partition coefficient (Wildman–Crippen LogP) is 1.83. The minimum absolute atomic E-state index is 0.280. The van der Waals surface area contributed by atoms with Crippen molar-refractivity contribution in [3.05, 3.63) is 58.4 Å². The van der Waals surface area contributed by atoms with Crippen molar-refractivity contribution in [2.45, 2.75) is 0 Å². The molecular weight excluding hydrogens is 290 g/mol. The van der Waals surface area contributed by atoms with Crippen LogP contribution >= 0.6 is 12.2 Å². The van der Waals surface area contributed by atoms with Gasteiger partial charge in [-0.25, -0.2) is 0 Å². The van der Waals surface area contributed by atoms with Gasteiger partial charge in [-0.2, -0.15) is 0 Å². The van der Waals surface area contributed by atoms with E-state index >= 15 is 0 Å². The van der Waals surface area contributed by atoms with E-state index in [1.807, 2.05) is 0 Å². The largest absolute Gasteiger partial charge is 0.497 e. The second-order valence-corrected chi connectivity index (χ2v) is 4.46. The standard InChI is InChI=1S/C14H13N3O3S/c1-20-10-6-4-9(5-7-10)12(18)16-17-13(19)11-3-2-8-15-14(11)21/h2-8H,1H3,(H,15,21)(H,16,18)(H,17,19). The number of methoxy groups -OCH3 is 1. The Hall–Kier alpha value is -2.67. The van der Waals surface area contributed by atoms with Crippen molar-refractivity contribution in [1.29, 1.82) is 0 Å². The molecule has 1 aromatic carbocycles. The molecule has 21 heavy (non-hydrogen) atoms. The van der Waals surface area contributed by atoms with Gasteiger partial charge in [-0.15, -0.1) is 0 Å². The fraction of sp³-hybridized carbons (Fsp3) is 0.0714. The fourth-order valence-electron chi connectivity index (χ4n) is 1.60. The molecule has 0 unspecified atom stereocenters. The number of carbonyl (C=O) groups is 2. The van der Waals surface area contributed by atoms with Crippen molar-refractivity contribution >= 4 is 24.0 Å². The third-order valence-corrected chi connectivity index (χ3v) is 3.04. The number of benzene rings is 1. The molecule has 0 aliphatic heterocycles. The van der Waals surface area contributed by atoms with Crippen molar-refractivity contribution in [2.24, 2.45) is 0 Å². The molecule has 2 amide bonds. The zero-order valence-electron chi connectivity index (χ0n) is 11.2. The van der Waals surface area contributed by atoms with Crippen molar-refractivity contribution in [1.82, 2.24) is 15.8 Å². The Bertz CT molecular complexity index is 710. The highest BCUT2D eigenvalue weighted by Gasteiger charge is 2.10. The first-order valence-electron chi connectivity index (χ1n) is 6.04. The Balaban J connectivity index is 1.99. The quantitative estimate of drug-likeness (QED) is 0.596. The van der Waals surface area contributed by atoms with Crippen LogP contribution < -0.4 is 15.6 Å². The lowest BCUT2D eigenvalue weighted by molar-refractivity contribution is 0.0846. The van der Waals surface area contributed by atoms with E-state index in [4.69, 9.17) is 17.0 Å². The van der Waals surface area contributed by atoms with Gasteiger partial charge in [0.05, 0.1) is 12.7 Å². The molecule has 0 atom stereocenters. The minimum Gasteiger partial charge on any atom is -0.497 e. The lowest BCUT2D eigenvalue weighted by Crippen LogP contribution is -2.41. The molecule has 7 heteroatoms. The monoisotopic (exact) mass is 303 g/mol. The van der Waals surface area contributed by atoms with Gasteiger partial charge in [-0.3, -0.25) is 20.4 Å². The second kappa shape index (κ2) is 6.67. The van der Waals surface area contributed by atoms with Gasteiger partial charge in [-0.1, -0.05) is 12.2 Å². The van der Waals surface area contributed by atoms with E-state index in [0.29, 0.717) is 16.0 Å². The summed E-state index contributed by atoms with van der Waals surface area (Å²) in [5, 5.41) is 0. The Morgan fingerprint density at radius 3 is 2.38 bits per heavy atom. The first kappa shape index (κ1) is 14.7. The van der Waals surface area contributed by atoms with E-state index in [2.05, 4.69) is 15.8 Å². The predicted molar refractivity (Wildman–Crippen MR) is 79.6 cm³/mol. The number of pyridine rings is 1. The van der Waals surface area contributed by atoms with E-state index in [-0.39, 0.29) is 5.56 Å². The van der Waals surface area contributed by atoms with Gasteiger partial charge in [0.25, 0.3) is 11.8 Å². The summed E-state index contributed by atoms with van der Waals surface area (Å²) in [5.74, 6) is -0.276. The molecule has 1 aromatic heterocycles. The zero-order valence-corrected chi connectivity index (χ0v) is 12.0. The Morgan fingerprint density at radius 2 is 1.76 bits per heavy atom. The van der Waals surface area contributed by atoms with E-state index in [0.717, 1.165) is 0 Å². The molecule has 3 N–H and O–H groups in total. The van der Waals surface area contributed by atoms with Crippen LogP contribution in [-0.4, -0.2) is 23.9 Å². The third kappa shape index (κ3) is 3.67. The summed E-state index contributed by atoms with van der Waals surface area (Å²) >= 11 is 4.99. The molecule has 0 aliphatic rings. The molecule has 0 aliphatic carbocycles. The van der Waals surface area contributed by atoms with E-state index in [1.54, 1.807) is 49.7 Å². The first-order valence-corrected chi connectivity index (χ1v) is 6.45. The van der Waals surface area contributed by atoms with Gasteiger partial charge in [0.1, 0.15) is 10.4 Å². The van der Waals surface area contributed by atoms with Crippen LogP contribution in [0.25, 0.3) is 0 Å². The number of nitrogens with one attached hydrogen (secondary N) is 3. The lowest BCUT2D eigenvalue weighted by Gasteiger charge is -2.08.